The molecule has 0 saturated carbocycles. The van der Waals surface area contributed by atoms with Crippen LogP contribution >= 0.6 is 43.6 Å². The van der Waals surface area contributed by atoms with Crippen LogP contribution in [0, 0.1) is 11.3 Å². The molecule has 0 amide bonds. The number of halogens is 2. The molecule has 0 fully saturated rings. The summed E-state index contributed by atoms with van der Waals surface area (Å²) >= 11 is 8.35. The molecule has 1 heterocycles. The molecule has 6 nitrogen and oxygen atoms in total. The number of H-pyrrole nitrogens is 1. The fourth-order valence-electron chi connectivity index (χ4n) is 2.21. The Morgan fingerprint density at radius 3 is 2.62 bits per heavy atom. The van der Waals surface area contributed by atoms with Crippen molar-refractivity contribution in [2.45, 2.75) is 25.4 Å². The Labute approximate surface area is 172 Å². The SMILES string of the molecule is CCCOc1c(OCC)cc(-c2nc(SC)[nH]c(=O)c2C#N)c(Br)c1Br. The number of hydrogen-bond donors (Lipinski definition) is 1. The van der Waals surface area contributed by atoms with Crippen molar-refractivity contribution in [1.82, 2.24) is 9.97 Å². The second-order valence-corrected chi connectivity index (χ2v) is 7.45. The zero-order valence-corrected chi connectivity index (χ0v) is 18.5. The van der Waals surface area contributed by atoms with E-state index in [1.165, 1.54) is 11.8 Å². The van der Waals surface area contributed by atoms with Crippen LogP contribution in [0.5, 0.6) is 11.5 Å². The minimum atomic E-state index is -0.478. The van der Waals surface area contributed by atoms with Crippen molar-refractivity contribution in [2.24, 2.45) is 0 Å². The highest BCUT2D eigenvalue weighted by Crippen LogP contribution is 2.46. The average molecular weight is 503 g/mol. The van der Waals surface area contributed by atoms with Gasteiger partial charge in [0.05, 0.1) is 23.4 Å². The van der Waals surface area contributed by atoms with Crippen molar-refractivity contribution in [3.05, 3.63) is 30.9 Å². The van der Waals surface area contributed by atoms with Crippen LogP contribution in [0.4, 0.5) is 0 Å². The molecule has 0 unspecified atom stereocenters. The number of aromatic nitrogens is 2. The zero-order chi connectivity index (χ0) is 19.3. The zero-order valence-electron chi connectivity index (χ0n) is 14.5. The minimum absolute atomic E-state index is 0.0555. The first-order valence-electron chi connectivity index (χ1n) is 7.84. The van der Waals surface area contributed by atoms with Gasteiger partial charge in [0, 0.05) is 10.0 Å². The average Bonchev–Trinajstić information content (AvgIpc) is 2.63. The Morgan fingerprint density at radius 2 is 2.04 bits per heavy atom. The second-order valence-electron chi connectivity index (χ2n) is 5.07. The number of rotatable bonds is 7. The number of aromatic amines is 1. The van der Waals surface area contributed by atoms with Crippen LogP contribution in [-0.2, 0) is 0 Å². The number of hydrogen-bond acceptors (Lipinski definition) is 6. The number of nitrogens with zero attached hydrogens (tertiary/aromatic N) is 2. The van der Waals surface area contributed by atoms with Gasteiger partial charge in [-0.2, -0.15) is 5.26 Å². The highest BCUT2D eigenvalue weighted by atomic mass is 79.9. The van der Waals surface area contributed by atoms with Gasteiger partial charge in [-0.05, 0) is 57.5 Å². The van der Waals surface area contributed by atoms with E-state index in [-0.39, 0.29) is 11.3 Å². The van der Waals surface area contributed by atoms with Crippen LogP contribution < -0.4 is 15.0 Å². The maximum atomic E-state index is 12.2. The van der Waals surface area contributed by atoms with Crippen LogP contribution in [-0.4, -0.2) is 29.4 Å². The Bertz CT molecular complexity index is 910. The summed E-state index contributed by atoms with van der Waals surface area (Å²) in [7, 11) is 0. The lowest BCUT2D eigenvalue weighted by Gasteiger charge is -2.17. The molecule has 1 aromatic carbocycles. The van der Waals surface area contributed by atoms with E-state index in [1.54, 1.807) is 12.3 Å². The first-order valence-corrected chi connectivity index (χ1v) is 10.7. The van der Waals surface area contributed by atoms with Crippen molar-refractivity contribution in [3.63, 3.8) is 0 Å². The molecule has 2 aromatic rings. The van der Waals surface area contributed by atoms with Gasteiger partial charge in [-0.3, -0.25) is 4.79 Å². The molecule has 0 aliphatic rings. The molecule has 0 bridgehead atoms. The third kappa shape index (κ3) is 4.24. The van der Waals surface area contributed by atoms with E-state index in [0.717, 1.165) is 6.42 Å². The minimum Gasteiger partial charge on any atom is -0.490 e. The normalized spacial score (nSPS) is 10.5. The summed E-state index contributed by atoms with van der Waals surface area (Å²) in [6.07, 6.45) is 2.65. The molecular formula is C17H17Br2N3O3S. The maximum absolute atomic E-state index is 12.2. The van der Waals surface area contributed by atoms with E-state index < -0.39 is 5.56 Å². The Balaban J connectivity index is 2.77. The summed E-state index contributed by atoms with van der Waals surface area (Å²) in [4.78, 5) is 19.2. The fourth-order valence-corrected chi connectivity index (χ4v) is 3.59. The van der Waals surface area contributed by atoms with Gasteiger partial charge in [0.2, 0.25) is 0 Å². The Kier molecular flexibility index (Phi) is 7.55. The summed E-state index contributed by atoms with van der Waals surface area (Å²) in [5.41, 5.74) is 0.326. The first-order chi connectivity index (χ1) is 12.5. The van der Waals surface area contributed by atoms with Crippen molar-refractivity contribution >= 4 is 43.6 Å². The highest BCUT2D eigenvalue weighted by molar-refractivity contribution is 9.13. The predicted molar refractivity (Wildman–Crippen MR) is 109 cm³/mol. The van der Waals surface area contributed by atoms with E-state index >= 15 is 0 Å². The third-order valence-electron chi connectivity index (χ3n) is 3.34. The molecule has 0 aliphatic heterocycles. The van der Waals surface area contributed by atoms with Crippen LogP contribution in [0.15, 0.2) is 25.0 Å². The number of nitrogens with one attached hydrogen (secondary N) is 1. The standard InChI is InChI=1S/C17H17Br2N3O3S/c1-4-6-25-15-11(24-5-2)7-9(12(18)13(15)19)14-10(8-20)16(23)22-17(21-14)26-3/h7H,4-6H2,1-3H3,(H,21,22,23). The van der Waals surface area contributed by atoms with E-state index in [9.17, 15) is 10.1 Å². The van der Waals surface area contributed by atoms with Crippen molar-refractivity contribution in [1.29, 1.82) is 5.26 Å². The predicted octanol–water partition coefficient (Wildman–Crippen LogP) is 4.74. The molecule has 138 valence electrons. The molecule has 0 saturated heterocycles. The molecule has 26 heavy (non-hydrogen) atoms. The topological polar surface area (TPSA) is 88.0 Å². The van der Waals surface area contributed by atoms with Gasteiger partial charge >= 0.3 is 0 Å². The number of benzene rings is 1. The molecule has 1 aromatic heterocycles. The molecule has 0 aliphatic carbocycles. The lowest BCUT2D eigenvalue weighted by molar-refractivity contribution is 0.275. The molecule has 9 heteroatoms. The Morgan fingerprint density at radius 1 is 1.31 bits per heavy atom. The van der Waals surface area contributed by atoms with E-state index in [4.69, 9.17) is 9.47 Å². The monoisotopic (exact) mass is 501 g/mol. The van der Waals surface area contributed by atoms with Crippen LogP contribution in [0.2, 0.25) is 0 Å². The van der Waals surface area contributed by atoms with Gasteiger partial charge < -0.3 is 14.5 Å². The number of ether oxygens (including phenoxy) is 2. The second kappa shape index (κ2) is 9.44. The fraction of sp³-hybridized carbons (Fsp3) is 0.353. The third-order valence-corrected chi connectivity index (χ3v) is 6.03. The largest absolute Gasteiger partial charge is 0.490 e. The summed E-state index contributed by atoms with van der Waals surface area (Å²) < 4.78 is 12.8. The van der Waals surface area contributed by atoms with Gasteiger partial charge in [0.25, 0.3) is 5.56 Å². The van der Waals surface area contributed by atoms with Crippen LogP contribution in [0.1, 0.15) is 25.8 Å². The van der Waals surface area contributed by atoms with Gasteiger partial charge in [0.15, 0.2) is 16.7 Å². The summed E-state index contributed by atoms with van der Waals surface area (Å²) in [5.74, 6) is 1.08. The lowest BCUT2D eigenvalue weighted by atomic mass is 10.1. The van der Waals surface area contributed by atoms with Crippen molar-refractivity contribution < 1.29 is 9.47 Å². The smallest absolute Gasteiger partial charge is 0.270 e. The maximum Gasteiger partial charge on any atom is 0.270 e. The Hall–Kier alpha value is -1.50. The summed E-state index contributed by atoms with van der Waals surface area (Å²) in [6.45, 7) is 4.87. The van der Waals surface area contributed by atoms with E-state index in [1.807, 2.05) is 19.9 Å². The van der Waals surface area contributed by atoms with Gasteiger partial charge in [-0.25, -0.2) is 4.98 Å². The van der Waals surface area contributed by atoms with E-state index in [0.29, 0.717) is 44.4 Å². The summed E-state index contributed by atoms with van der Waals surface area (Å²) in [5, 5.41) is 9.86. The highest BCUT2D eigenvalue weighted by Gasteiger charge is 2.22. The van der Waals surface area contributed by atoms with Gasteiger partial charge in [0.1, 0.15) is 11.6 Å². The van der Waals surface area contributed by atoms with Crippen molar-refractivity contribution in [3.8, 4) is 28.8 Å². The van der Waals surface area contributed by atoms with Crippen LogP contribution in [0.3, 0.4) is 0 Å². The molecule has 0 spiro atoms. The summed E-state index contributed by atoms with van der Waals surface area (Å²) in [6, 6.07) is 3.67. The lowest BCUT2D eigenvalue weighted by Crippen LogP contribution is -2.15. The first kappa shape index (κ1) is 20.8. The van der Waals surface area contributed by atoms with E-state index in [2.05, 4.69) is 41.8 Å². The number of nitriles is 1. The molecule has 2 rings (SSSR count). The molecule has 0 atom stereocenters. The van der Waals surface area contributed by atoms with Crippen LogP contribution in [0.25, 0.3) is 11.3 Å². The molecular weight excluding hydrogens is 486 g/mol. The quantitative estimate of drug-likeness (QED) is 0.434. The number of thioether (sulfide) groups is 1. The van der Waals surface area contributed by atoms with Gasteiger partial charge in [-0.15, -0.1) is 0 Å². The molecule has 1 N–H and O–H groups in total. The molecule has 0 radical (unpaired) electrons. The van der Waals surface area contributed by atoms with Gasteiger partial charge in [-0.1, -0.05) is 18.7 Å². The van der Waals surface area contributed by atoms with Crippen molar-refractivity contribution in [2.75, 3.05) is 19.5 Å².